The summed E-state index contributed by atoms with van der Waals surface area (Å²) in [6.07, 6.45) is 0.391. The van der Waals surface area contributed by atoms with Crippen molar-refractivity contribution >= 4 is 5.91 Å². The molecule has 1 saturated heterocycles. The highest BCUT2D eigenvalue weighted by Gasteiger charge is 2.19. The van der Waals surface area contributed by atoms with Crippen molar-refractivity contribution in [3.05, 3.63) is 0 Å². The molecule has 0 aliphatic carbocycles. The first-order chi connectivity index (χ1) is 7.99. The van der Waals surface area contributed by atoms with Crippen LogP contribution in [0.4, 0.5) is 0 Å². The zero-order chi connectivity index (χ0) is 12.8. The predicted octanol–water partition coefficient (Wildman–Crippen LogP) is -0.504. The Morgan fingerprint density at radius 2 is 1.94 bits per heavy atom. The second-order valence-electron chi connectivity index (χ2n) is 5.15. The molecule has 1 rings (SSSR count). The number of carbonyl (C=O) groups is 1. The molecule has 0 spiro atoms. The van der Waals surface area contributed by atoms with Gasteiger partial charge in [0.05, 0.1) is 12.5 Å². The summed E-state index contributed by atoms with van der Waals surface area (Å²) < 4.78 is 0. The normalized spacial score (nSPS) is 22.3. The summed E-state index contributed by atoms with van der Waals surface area (Å²) in [5.74, 6) is -0.300. The number of aliphatic hydroxyl groups is 1. The number of hydrogen-bond acceptors (Lipinski definition) is 4. The summed E-state index contributed by atoms with van der Waals surface area (Å²) in [4.78, 5) is 15.4. The van der Waals surface area contributed by atoms with E-state index in [9.17, 15) is 9.90 Å². The first-order valence-corrected chi connectivity index (χ1v) is 6.36. The number of amides is 1. The van der Waals surface area contributed by atoms with E-state index in [1.807, 2.05) is 6.92 Å². The van der Waals surface area contributed by atoms with Crippen molar-refractivity contribution in [1.82, 2.24) is 9.80 Å². The SMILES string of the molecule is C[C@H](CCN1CCN(C)CC1)[C@@H](O)CC(N)=O. The molecule has 5 heteroatoms. The van der Waals surface area contributed by atoms with E-state index >= 15 is 0 Å². The summed E-state index contributed by atoms with van der Waals surface area (Å²) in [6.45, 7) is 7.37. The quantitative estimate of drug-likeness (QED) is 0.659. The van der Waals surface area contributed by atoms with Crippen LogP contribution < -0.4 is 5.73 Å². The molecule has 100 valence electrons. The molecule has 0 aromatic heterocycles. The molecule has 1 heterocycles. The highest BCUT2D eigenvalue weighted by atomic mass is 16.3. The average Bonchev–Trinajstić information content (AvgIpc) is 2.27. The lowest BCUT2D eigenvalue weighted by Gasteiger charge is -2.33. The first-order valence-electron chi connectivity index (χ1n) is 6.36. The van der Waals surface area contributed by atoms with Crippen molar-refractivity contribution in [2.45, 2.75) is 25.9 Å². The van der Waals surface area contributed by atoms with Crippen molar-refractivity contribution < 1.29 is 9.90 Å². The third kappa shape index (κ3) is 5.48. The van der Waals surface area contributed by atoms with E-state index in [-0.39, 0.29) is 12.3 Å². The van der Waals surface area contributed by atoms with Crippen molar-refractivity contribution in [3.63, 3.8) is 0 Å². The highest BCUT2D eigenvalue weighted by Crippen LogP contribution is 2.12. The van der Waals surface area contributed by atoms with Gasteiger partial charge in [0.15, 0.2) is 0 Å². The molecule has 2 atom stereocenters. The summed E-state index contributed by atoms with van der Waals surface area (Å²) in [5.41, 5.74) is 5.07. The Labute approximate surface area is 104 Å². The van der Waals surface area contributed by atoms with Gasteiger partial charge < -0.3 is 20.6 Å². The van der Waals surface area contributed by atoms with Crippen molar-refractivity contribution in [1.29, 1.82) is 0 Å². The molecule has 5 nitrogen and oxygen atoms in total. The van der Waals surface area contributed by atoms with Crippen LogP contribution in [0.5, 0.6) is 0 Å². The van der Waals surface area contributed by atoms with E-state index in [4.69, 9.17) is 5.73 Å². The van der Waals surface area contributed by atoms with E-state index in [1.165, 1.54) is 0 Å². The molecule has 1 amide bonds. The smallest absolute Gasteiger partial charge is 0.220 e. The maximum absolute atomic E-state index is 10.7. The van der Waals surface area contributed by atoms with Gasteiger partial charge in [0, 0.05) is 26.2 Å². The second-order valence-corrected chi connectivity index (χ2v) is 5.15. The number of nitrogens with zero attached hydrogens (tertiary/aromatic N) is 2. The second kappa shape index (κ2) is 6.93. The standard InChI is InChI=1S/C12H25N3O2/c1-10(11(16)9-12(13)17)3-4-15-7-5-14(2)6-8-15/h10-11,16H,3-9H2,1-2H3,(H2,13,17)/t10-,11+/m1/s1. The Morgan fingerprint density at radius 1 is 1.35 bits per heavy atom. The molecule has 1 fully saturated rings. The van der Waals surface area contributed by atoms with Gasteiger partial charge in [0.1, 0.15) is 0 Å². The van der Waals surface area contributed by atoms with Crippen LogP contribution >= 0.6 is 0 Å². The average molecular weight is 243 g/mol. The molecule has 0 aromatic rings. The Bertz CT molecular complexity index is 240. The summed E-state index contributed by atoms with van der Waals surface area (Å²) >= 11 is 0. The molecule has 17 heavy (non-hydrogen) atoms. The minimum atomic E-state index is -0.597. The third-order valence-electron chi connectivity index (χ3n) is 3.56. The lowest BCUT2D eigenvalue weighted by atomic mass is 9.98. The number of likely N-dealkylation sites (N-methyl/N-ethyl adjacent to an activating group) is 1. The van der Waals surface area contributed by atoms with Crippen LogP contribution in [0.2, 0.25) is 0 Å². The Kier molecular flexibility index (Phi) is 5.88. The van der Waals surface area contributed by atoms with E-state index in [0.717, 1.165) is 39.1 Å². The third-order valence-corrected chi connectivity index (χ3v) is 3.56. The van der Waals surface area contributed by atoms with Gasteiger partial charge in [-0.2, -0.15) is 0 Å². The van der Waals surface area contributed by atoms with Gasteiger partial charge in [0.2, 0.25) is 5.91 Å². The number of rotatable bonds is 6. The molecular weight excluding hydrogens is 218 g/mol. The minimum absolute atomic E-state index is 0.0733. The van der Waals surface area contributed by atoms with Crippen LogP contribution in [0.3, 0.4) is 0 Å². The Hall–Kier alpha value is -0.650. The molecule has 0 bridgehead atoms. The molecule has 1 aliphatic heterocycles. The molecule has 3 N–H and O–H groups in total. The number of aliphatic hydroxyl groups excluding tert-OH is 1. The Morgan fingerprint density at radius 3 is 2.47 bits per heavy atom. The fraction of sp³-hybridized carbons (Fsp3) is 0.917. The van der Waals surface area contributed by atoms with Crippen molar-refractivity contribution in [3.8, 4) is 0 Å². The molecule has 0 unspecified atom stereocenters. The van der Waals surface area contributed by atoms with Crippen molar-refractivity contribution in [2.24, 2.45) is 11.7 Å². The van der Waals surface area contributed by atoms with Gasteiger partial charge in [-0.1, -0.05) is 6.92 Å². The number of hydrogen-bond donors (Lipinski definition) is 2. The molecule has 0 saturated carbocycles. The summed E-state index contributed by atoms with van der Waals surface area (Å²) in [5, 5.41) is 9.73. The van der Waals surface area contributed by atoms with Crippen LogP contribution in [0.25, 0.3) is 0 Å². The van der Waals surface area contributed by atoms with Crippen LogP contribution in [-0.4, -0.2) is 66.7 Å². The van der Waals surface area contributed by atoms with E-state index in [1.54, 1.807) is 0 Å². The number of piperazine rings is 1. The maximum atomic E-state index is 10.7. The van der Waals surface area contributed by atoms with E-state index in [2.05, 4.69) is 16.8 Å². The van der Waals surface area contributed by atoms with Gasteiger partial charge in [0.25, 0.3) is 0 Å². The van der Waals surface area contributed by atoms with Gasteiger partial charge in [-0.25, -0.2) is 0 Å². The number of nitrogens with two attached hydrogens (primary N) is 1. The lowest BCUT2D eigenvalue weighted by Crippen LogP contribution is -2.45. The zero-order valence-electron chi connectivity index (χ0n) is 10.9. The van der Waals surface area contributed by atoms with Gasteiger partial charge in [-0.3, -0.25) is 4.79 Å². The van der Waals surface area contributed by atoms with Crippen LogP contribution in [0.15, 0.2) is 0 Å². The molecule has 0 aromatic carbocycles. The monoisotopic (exact) mass is 243 g/mol. The molecule has 1 aliphatic rings. The predicted molar refractivity (Wildman–Crippen MR) is 67.5 cm³/mol. The first kappa shape index (κ1) is 14.4. The fourth-order valence-electron chi connectivity index (χ4n) is 2.06. The summed E-state index contributed by atoms with van der Waals surface area (Å²) in [7, 11) is 2.14. The fourth-order valence-corrected chi connectivity index (χ4v) is 2.06. The largest absolute Gasteiger partial charge is 0.392 e. The van der Waals surface area contributed by atoms with Crippen LogP contribution in [0, 0.1) is 5.92 Å². The summed E-state index contributed by atoms with van der Waals surface area (Å²) in [6, 6.07) is 0. The van der Waals surface area contributed by atoms with Gasteiger partial charge in [-0.15, -0.1) is 0 Å². The lowest BCUT2D eigenvalue weighted by molar-refractivity contribution is -0.120. The van der Waals surface area contributed by atoms with E-state index in [0.29, 0.717) is 0 Å². The molecular formula is C12H25N3O2. The minimum Gasteiger partial charge on any atom is -0.392 e. The van der Waals surface area contributed by atoms with Gasteiger partial charge in [-0.05, 0) is 25.9 Å². The van der Waals surface area contributed by atoms with Crippen LogP contribution in [0.1, 0.15) is 19.8 Å². The van der Waals surface area contributed by atoms with Gasteiger partial charge >= 0.3 is 0 Å². The van der Waals surface area contributed by atoms with E-state index < -0.39 is 12.0 Å². The zero-order valence-corrected chi connectivity index (χ0v) is 10.9. The van der Waals surface area contributed by atoms with Crippen LogP contribution in [-0.2, 0) is 4.79 Å². The van der Waals surface area contributed by atoms with Crippen molar-refractivity contribution in [2.75, 3.05) is 39.8 Å². The highest BCUT2D eigenvalue weighted by molar-refractivity contribution is 5.74. The molecule has 0 radical (unpaired) electrons. The number of primary amides is 1. The number of carbonyl (C=O) groups excluding carboxylic acids is 1. The maximum Gasteiger partial charge on any atom is 0.220 e. The topological polar surface area (TPSA) is 69.8 Å². The Balaban J connectivity index is 2.18.